The fourth-order valence-electron chi connectivity index (χ4n) is 4.22. The second-order valence-corrected chi connectivity index (χ2v) is 10.5. The maximum atomic E-state index is 13.3. The Kier molecular flexibility index (Phi) is 7.65. The number of rotatable bonds is 6. The second-order valence-electron chi connectivity index (χ2n) is 10.5. The first-order chi connectivity index (χ1) is 20.1. The first-order valence-electron chi connectivity index (χ1n) is 13.2. The Bertz CT molecular complexity index is 1760. The van der Waals surface area contributed by atoms with Crippen molar-refractivity contribution in [2.24, 2.45) is 0 Å². The van der Waals surface area contributed by atoms with E-state index in [-0.39, 0.29) is 17.2 Å². The van der Waals surface area contributed by atoms with E-state index < -0.39 is 6.03 Å². The molecule has 11 heteroatoms. The highest BCUT2D eigenvalue weighted by Crippen LogP contribution is 2.35. The number of benzene rings is 3. The van der Waals surface area contributed by atoms with Gasteiger partial charge in [-0.1, -0.05) is 45.0 Å². The van der Waals surface area contributed by atoms with Crippen LogP contribution in [0.4, 0.5) is 26.9 Å². The summed E-state index contributed by atoms with van der Waals surface area (Å²) in [5.74, 6) is 2.00. The van der Waals surface area contributed by atoms with Crippen molar-refractivity contribution in [1.82, 2.24) is 20.1 Å². The van der Waals surface area contributed by atoms with Crippen molar-refractivity contribution in [1.29, 1.82) is 0 Å². The van der Waals surface area contributed by atoms with E-state index in [0.29, 0.717) is 34.5 Å². The molecule has 3 aromatic carbocycles. The minimum atomic E-state index is -0.451. The van der Waals surface area contributed by atoms with Crippen LogP contribution in [0, 0.1) is 0 Å². The van der Waals surface area contributed by atoms with Gasteiger partial charge in [-0.25, -0.2) is 19.3 Å². The van der Waals surface area contributed by atoms with Crippen molar-refractivity contribution in [3.63, 3.8) is 0 Å². The molecule has 5 rings (SSSR count). The van der Waals surface area contributed by atoms with Gasteiger partial charge in [-0.05, 0) is 42.5 Å². The summed E-state index contributed by atoms with van der Waals surface area (Å²) in [6.07, 6.45) is 1.54. The van der Waals surface area contributed by atoms with Crippen LogP contribution in [0.2, 0.25) is 0 Å². The molecule has 214 valence electrons. The molecule has 0 unspecified atom stereocenters. The zero-order valence-electron chi connectivity index (χ0n) is 23.6. The highest BCUT2D eigenvalue weighted by Gasteiger charge is 2.22. The summed E-state index contributed by atoms with van der Waals surface area (Å²) >= 11 is 0. The number of carbonyl (C=O) groups excluding carboxylic acids is 2. The SMILES string of the molecule is CNC(=O)Nc1cc(Oc2ccc(NC(=O)Nc3cc(C(C)(C)C)nn3-c3ccc(O)cc3)c3ccccc23)ccn1. The number of phenols is 1. The van der Waals surface area contributed by atoms with Gasteiger partial charge in [0.1, 0.15) is 28.9 Å². The summed E-state index contributed by atoms with van der Waals surface area (Å²) in [5, 5.41) is 26.9. The van der Waals surface area contributed by atoms with E-state index in [4.69, 9.17) is 9.84 Å². The Balaban J connectivity index is 1.40. The van der Waals surface area contributed by atoms with Gasteiger partial charge in [-0.15, -0.1) is 0 Å². The number of aromatic hydroxyl groups is 1. The number of amides is 4. The molecule has 0 saturated carbocycles. The van der Waals surface area contributed by atoms with Crippen LogP contribution < -0.4 is 26.0 Å². The predicted octanol–water partition coefficient (Wildman–Crippen LogP) is 6.61. The number of anilines is 3. The lowest BCUT2D eigenvalue weighted by Crippen LogP contribution is -2.24. The molecule has 11 nitrogen and oxygen atoms in total. The minimum absolute atomic E-state index is 0.137. The molecule has 5 N–H and O–H groups in total. The lowest BCUT2D eigenvalue weighted by molar-refractivity contribution is 0.254. The van der Waals surface area contributed by atoms with Gasteiger partial charge in [0.15, 0.2) is 0 Å². The zero-order valence-corrected chi connectivity index (χ0v) is 23.6. The summed E-state index contributed by atoms with van der Waals surface area (Å²) in [6, 6.07) is 22.0. The number of hydrogen-bond acceptors (Lipinski definition) is 6. The van der Waals surface area contributed by atoms with Crippen molar-refractivity contribution in [2.75, 3.05) is 23.0 Å². The smallest absolute Gasteiger partial charge is 0.324 e. The fourth-order valence-corrected chi connectivity index (χ4v) is 4.22. The van der Waals surface area contributed by atoms with Crippen LogP contribution in [0.1, 0.15) is 26.5 Å². The van der Waals surface area contributed by atoms with Gasteiger partial charge in [0.05, 0.1) is 17.1 Å². The van der Waals surface area contributed by atoms with Crippen molar-refractivity contribution < 1.29 is 19.4 Å². The van der Waals surface area contributed by atoms with Gasteiger partial charge in [0.25, 0.3) is 0 Å². The standard InChI is InChI=1S/C31H31N7O4/c1-31(2,3)26-18-28(38(37-26)19-9-11-20(39)12-10-19)36-30(41)34-24-13-14-25(23-8-6-5-7-22(23)24)42-21-15-16-33-27(17-21)35-29(40)32-4/h5-18,39H,1-4H3,(H2,34,36,41)(H2,32,33,35,40). The average Bonchev–Trinajstić information content (AvgIpc) is 3.39. The largest absolute Gasteiger partial charge is 0.508 e. The summed E-state index contributed by atoms with van der Waals surface area (Å²) in [6.45, 7) is 6.13. The van der Waals surface area contributed by atoms with E-state index in [1.807, 2.05) is 51.1 Å². The average molecular weight is 566 g/mol. The Morgan fingerprint density at radius 1 is 0.857 bits per heavy atom. The van der Waals surface area contributed by atoms with Crippen molar-refractivity contribution in [3.05, 3.63) is 90.8 Å². The number of hydrogen-bond donors (Lipinski definition) is 5. The quantitative estimate of drug-likeness (QED) is 0.157. The summed E-state index contributed by atoms with van der Waals surface area (Å²) < 4.78 is 7.78. The van der Waals surface area contributed by atoms with Gasteiger partial charge in [-0.2, -0.15) is 5.10 Å². The molecule has 0 saturated heterocycles. The molecule has 5 aromatic rings. The number of nitrogens with zero attached hydrogens (tertiary/aromatic N) is 3. The maximum absolute atomic E-state index is 13.3. The van der Waals surface area contributed by atoms with E-state index in [9.17, 15) is 14.7 Å². The van der Waals surface area contributed by atoms with Gasteiger partial charge >= 0.3 is 12.1 Å². The van der Waals surface area contributed by atoms with E-state index in [0.717, 1.165) is 16.5 Å². The monoisotopic (exact) mass is 565 g/mol. The van der Waals surface area contributed by atoms with E-state index in [2.05, 4.69) is 26.3 Å². The van der Waals surface area contributed by atoms with Crippen LogP contribution in [0.5, 0.6) is 17.2 Å². The molecule has 0 bridgehead atoms. The van der Waals surface area contributed by atoms with E-state index in [1.54, 1.807) is 53.2 Å². The predicted molar refractivity (Wildman–Crippen MR) is 163 cm³/mol. The van der Waals surface area contributed by atoms with Crippen molar-refractivity contribution in [2.45, 2.75) is 26.2 Å². The van der Waals surface area contributed by atoms with Gasteiger partial charge in [0.2, 0.25) is 0 Å². The zero-order chi connectivity index (χ0) is 29.9. The number of carbonyl (C=O) groups is 2. The third-order valence-corrected chi connectivity index (χ3v) is 6.37. The molecule has 2 aromatic heterocycles. The maximum Gasteiger partial charge on any atom is 0.324 e. The molecule has 2 heterocycles. The molecule has 0 aliphatic heterocycles. The molecule has 0 atom stereocenters. The van der Waals surface area contributed by atoms with E-state index in [1.165, 1.54) is 13.2 Å². The summed E-state index contributed by atoms with van der Waals surface area (Å²) in [7, 11) is 1.52. The number of urea groups is 2. The fraction of sp³-hybridized carbons (Fsp3) is 0.161. The van der Waals surface area contributed by atoms with Crippen molar-refractivity contribution in [3.8, 4) is 22.9 Å². The van der Waals surface area contributed by atoms with Crippen LogP contribution in [0.15, 0.2) is 85.1 Å². The molecule has 0 aliphatic rings. The molecule has 0 spiro atoms. The second kappa shape index (κ2) is 11.5. The Hall–Kier alpha value is -5.58. The number of fused-ring (bicyclic) bond motifs is 1. The lowest BCUT2D eigenvalue weighted by Gasteiger charge is -2.14. The number of nitrogens with one attached hydrogen (secondary N) is 4. The first-order valence-corrected chi connectivity index (χ1v) is 13.2. The first kappa shape index (κ1) is 28.0. The van der Waals surface area contributed by atoms with Crippen LogP contribution in [-0.2, 0) is 5.41 Å². The van der Waals surface area contributed by atoms with Crippen LogP contribution in [0.3, 0.4) is 0 Å². The summed E-state index contributed by atoms with van der Waals surface area (Å²) in [4.78, 5) is 29.1. The molecular formula is C31H31N7O4. The topological polar surface area (TPSA) is 142 Å². The third-order valence-electron chi connectivity index (χ3n) is 6.37. The third kappa shape index (κ3) is 6.25. The van der Waals surface area contributed by atoms with Crippen LogP contribution in [-0.4, -0.2) is 39.0 Å². The number of pyridine rings is 1. The van der Waals surface area contributed by atoms with Crippen LogP contribution >= 0.6 is 0 Å². The van der Waals surface area contributed by atoms with Gasteiger partial charge in [0, 0.05) is 41.6 Å². The molecule has 42 heavy (non-hydrogen) atoms. The van der Waals surface area contributed by atoms with Crippen LogP contribution in [0.25, 0.3) is 16.5 Å². The van der Waals surface area contributed by atoms with Gasteiger partial charge < -0.3 is 20.5 Å². The molecular weight excluding hydrogens is 534 g/mol. The Morgan fingerprint density at radius 3 is 2.31 bits per heavy atom. The van der Waals surface area contributed by atoms with Crippen molar-refractivity contribution >= 4 is 40.2 Å². The Morgan fingerprint density at radius 2 is 1.60 bits per heavy atom. The Labute approximate surface area is 242 Å². The lowest BCUT2D eigenvalue weighted by atomic mass is 9.92. The molecule has 4 amide bonds. The highest BCUT2D eigenvalue weighted by atomic mass is 16.5. The normalized spacial score (nSPS) is 11.1. The number of phenolic OH excluding ortho intramolecular Hbond substituents is 1. The molecule has 0 radical (unpaired) electrons. The number of ether oxygens (including phenoxy) is 1. The van der Waals surface area contributed by atoms with Gasteiger partial charge in [-0.3, -0.25) is 10.6 Å². The molecule has 0 fully saturated rings. The number of aromatic nitrogens is 3. The summed E-state index contributed by atoms with van der Waals surface area (Å²) in [5.41, 5.74) is 1.81. The molecule has 0 aliphatic carbocycles. The highest BCUT2D eigenvalue weighted by molar-refractivity contribution is 6.07. The minimum Gasteiger partial charge on any atom is -0.508 e. The van der Waals surface area contributed by atoms with E-state index >= 15 is 0 Å².